The van der Waals surface area contributed by atoms with E-state index < -0.39 is 4.92 Å². The molecule has 0 radical (unpaired) electrons. The lowest BCUT2D eigenvalue weighted by molar-refractivity contribution is -0.384. The molecule has 8 heteroatoms. The Morgan fingerprint density at radius 3 is 2.56 bits per heavy atom. The molecule has 1 atom stereocenters. The van der Waals surface area contributed by atoms with Crippen LogP contribution in [0.4, 0.5) is 11.5 Å². The van der Waals surface area contributed by atoms with E-state index in [1.807, 2.05) is 61.5 Å². The van der Waals surface area contributed by atoms with Crippen molar-refractivity contribution in [3.05, 3.63) is 82.9 Å². The summed E-state index contributed by atoms with van der Waals surface area (Å²) in [4.78, 5) is 24.0. The zero-order valence-electron chi connectivity index (χ0n) is 14.5. The van der Waals surface area contributed by atoms with Gasteiger partial charge in [0.1, 0.15) is 12.7 Å². The number of para-hydroxylation sites is 2. The van der Waals surface area contributed by atoms with E-state index in [-0.39, 0.29) is 23.4 Å². The molecule has 0 fully saturated rings. The van der Waals surface area contributed by atoms with Gasteiger partial charge in [-0.05, 0) is 24.6 Å². The highest BCUT2D eigenvalue weighted by Gasteiger charge is 2.26. The van der Waals surface area contributed by atoms with Gasteiger partial charge in [-0.3, -0.25) is 14.7 Å². The monoisotopic (exact) mass is 360 g/mol. The second kappa shape index (κ2) is 6.83. The van der Waals surface area contributed by atoms with Crippen LogP contribution in [0.2, 0.25) is 0 Å². The first-order valence-corrected chi connectivity index (χ1v) is 8.38. The van der Waals surface area contributed by atoms with Gasteiger partial charge in [0, 0.05) is 0 Å². The highest BCUT2D eigenvalue weighted by atomic mass is 16.6. The Morgan fingerprint density at radius 2 is 1.78 bits per heavy atom. The van der Waals surface area contributed by atoms with Crippen LogP contribution in [0.25, 0.3) is 16.9 Å². The predicted molar refractivity (Wildman–Crippen MR) is 102 cm³/mol. The van der Waals surface area contributed by atoms with Crippen molar-refractivity contribution in [3.63, 3.8) is 0 Å². The van der Waals surface area contributed by atoms with E-state index in [2.05, 4.69) is 20.3 Å². The standard InChI is InChI=1S/C19H16N6O2/c1-13(14-7-3-2-4-8-14)23-18-17(25(26)27)19(21-11-20-18)24-12-22-15-9-5-6-10-16(15)24/h2-13H,1H3,(H,20,21,23). The van der Waals surface area contributed by atoms with Crippen molar-refractivity contribution >= 4 is 22.5 Å². The normalized spacial score (nSPS) is 12.0. The maximum Gasteiger partial charge on any atom is 0.354 e. The lowest BCUT2D eigenvalue weighted by atomic mass is 10.1. The van der Waals surface area contributed by atoms with Gasteiger partial charge in [-0.1, -0.05) is 42.5 Å². The Balaban J connectivity index is 1.80. The van der Waals surface area contributed by atoms with Crippen molar-refractivity contribution in [3.8, 4) is 5.82 Å². The van der Waals surface area contributed by atoms with Crippen LogP contribution in [0.5, 0.6) is 0 Å². The number of aromatic nitrogens is 4. The minimum Gasteiger partial charge on any atom is -0.358 e. The zero-order chi connectivity index (χ0) is 18.8. The largest absolute Gasteiger partial charge is 0.358 e. The first-order valence-electron chi connectivity index (χ1n) is 8.38. The maximum absolute atomic E-state index is 11.8. The third kappa shape index (κ3) is 3.08. The predicted octanol–water partition coefficient (Wildman–Crippen LogP) is 3.90. The number of hydrogen-bond acceptors (Lipinski definition) is 6. The fraction of sp³-hybridized carbons (Fsp3) is 0.105. The maximum atomic E-state index is 11.8. The van der Waals surface area contributed by atoms with Gasteiger partial charge in [-0.25, -0.2) is 15.0 Å². The Bertz CT molecular complexity index is 1110. The second-order valence-corrected chi connectivity index (χ2v) is 6.03. The van der Waals surface area contributed by atoms with Crippen LogP contribution >= 0.6 is 0 Å². The van der Waals surface area contributed by atoms with Gasteiger partial charge in [0.15, 0.2) is 0 Å². The van der Waals surface area contributed by atoms with Crippen molar-refractivity contribution in [2.75, 3.05) is 5.32 Å². The fourth-order valence-electron chi connectivity index (χ4n) is 2.98. The van der Waals surface area contributed by atoms with E-state index in [0.29, 0.717) is 0 Å². The highest BCUT2D eigenvalue weighted by molar-refractivity contribution is 5.79. The topological polar surface area (TPSA) is 98.8 Å². The van der Waals surface area contributed by atoms with Crippen LogP contribution in [-0.4, -0.2) is 24.4 Å². The summed E-state index contributed by atoms with van der Waals surface area (Å²) >= 11 is 0. The molecule has 8 nitrogen and oxygen atoms in total. The van der Waals surface area contributed by atoms with Crippen molar-refractivity contribution < 1.29 is 4.92 Å². The summed E-state index contributed by atoms with van der Waals surface area (Å²) in [5.41, 5.74) is 2.28. The molecular formula is C19H16N6O2. The molecular weight excluding hydrogens is 344 g/mol. The molecule has 0 saturated carbocycles. The molecule has 0 aliphatic rings. The summed E-state index contributed by atoms with van der Waals surface area (Å²) in [5, 5.41) is 15.0. The van der Waals surface area contributed by atoms with Gasteiger partial charge in [0.2, 0.25) is 11.6 Å². The number of nitrogens with one attached hydrogen (secondary N) is 1. The smallest absolute Gasteiger partial charge is 0.354 e. The van der Waals surface area contributed by atoms with Gasteiger partial charge < -0.3 is 5.32 Å². The first kappa shape index (κ1) is 16.6. The number of benzene rings is 2. The van der Waals surface area contributed by atoms with E-state index in [9.17, 15) is 10.1 Å². The summed E-state index contributed by atoms with van der Waals surface area (Å²) < 4.78 is 1.60. The Labute approximate surface area is 154 Å². The summed E-state index contributed by atoms with van der Waals surface area (Å²) in [5.74, 6) is 0.339. The molecule has 1 N–H and O–H groups in total. The van der Waals surface area contributed by atoms with Gasteiger partial charge in [0.25, 0.3) is 0 Å². The molecule has 2 aromatic heterocycles. The average molecular weight is 360 g/mol. The number of anilines is 1. The number of fused-ring (bicyclic) bond motifs is 1. The van der Waals surface area contributed by atoms with Crippen molar-refractivity contribution in [1.82, 2.24) is 19.5 Å². The van der Waals surface area contributed by atoms with E-state index in [1.165, 1.54) is 12.7 Å². The lowest BCUT2D eigenvalue weighted by Gasteiger charge is -2.15. The van der Waals surface area contributed by atoms with Gasteiger partial charge in [0.05, 0.1) is 22.0 Å². The van der Waals surface area contributed by atoms with E-state index in [1.54, 1.807) is 4.57 Å². The molecule has 0 saturated heterocycles. The third-order valence-electron chi connectivity index (χ3n) is 4.32. The Morgan fingerprint density at radius 1 is 1.04 bits per heavy atom. The van der Waals surface area contributed by atoms with Gasteiger partial charge >= 0.3 is 5.69 Å². The molecule has 1 unspecified atom stereocenters. The van der Waals surface area contributed by atoms with E-state index in [0.717, 1.165) is 16.6 Å². The Hall–Kier alpha value is -3.81. The molecule has 4 rings (SSSR count). The second-order valence-electron chi connectivity index (χ2n) is 6.03. The quantitative estimate of drug-likeness (QED) is 0.428. The molecule has 0 aliphatic carbocycles. The molecule has 0 amide bonds. The van der Waals surface area contributed by atoms with Crippen LogP contribution < -0.4 is 5.32 Å². The molecule has 4 aromatic rings. The summed E-state index contributed by atoms with van der Waals surface area (Å²) in [6, 6.07) is 16.9. The van der Waals surface area contributed by atoms with E-state index >= 15 is 0 Å². The molecule has 134 valence electrons. The highest BCUT2D eigenvalue weighted by Crippen LogP contribution is 2.32. The van der Waals surface area contributed by atoms with Crippen LogP contribution in [-0.2, 0) is 0 Å². The van der Waals surface area contributed by atoms with Gasteiger partial charge in [-0.2, -0.15) is 0 Å². The number of rotatable bonds is 5. The van der Waals surface area contributed by atoms with Crippen LogP contribution in [0.3, 0.4) is 0 Å². The summed E-state index contributed by atoms with van der Waals surface area (Å²) in [6.07, 6.45) is 2.85. The van der Waals surface area contributed by atoms with Crippen molar-refractivity contribution in [2.24, 2.45) is 0 Å². The summed E-state index contributed by atoms with van der Waals surface area (Å²) in [6.45, 7) is 1.92. The SMILES string of the molecule is CC(Nc1ncnc(-n2cnc3ccccc32)c1[N+](=O)[O-])c1ccccc1. The van der Waals surface area contributed by atoms with Crippen LogP contribution in [0, 0.1) is 10.1 Å². The third-order valence-corrected chi connectivity index (χ3v) is 4.32. The molecule has 27 heavy (non-hydrogen) atoms. The van der Waals surface area contributed by atoms with Crippen molar-refractivity contribution in [1.29, 1.82) is 0 Å². The number of nitrogens with zero attached hydrogens (tertiary/aromatic N) is 5. The van der Waals surface area contributed by atoms with Crippen LogP contribution in [0.15, 0.2) is 67.3 Å². The Kier molecular flexibility index (Phi) is 4.21. The first-order chi connectivity index (χ1) is 13.1. The number of imidazole rings is 1. The molecule has 0 spiro atoms. The minimum absolute atomic E-state index is 0.160. The van der Waals surface area contributed by atoms with Crippen LogP contribution in [0.1, 0.15) is 18.5 Å². The fourth-order valence-corrected chi connectivity index (χ4v) is 2.98. The number of nitro groups is 1. The lowest BCUT2D eigenvalue weighted by Crippen LogP contribution is -2.12. The molecule has 0 bridgehead atoms. The minimum atomic E-state index is -0.468. The van der Waals surface area contributed by atoms with Gasteiger partial charge in [-0.15, -0.1) is 0 Å². The summed E-state index contributed by atoms with van der Waals surface area (Å²) in [7, 11) is 0. The molecule has 2 heterocycles. The molecule has 0 aliphatic heterocycles. The zero-order valence-corrected chi connectivity index (χ0v) is 14.5. The average Bonchev–Trinajstić information content (AvgIpc) is 3.12. The van der Waals surface area contributed by atoms with E-state index in [4.69, 9.17) is 0 Å². The molecule has 2 aromatic carbocycles. The van der Waals surface area contributed by atoms with Crippen molar-refractivity contribution in [2.45, 2.75) is 13.0 Å². The number of hydrogen-bond donors (Lipinski definition) is 1.